The van der Waals surface area contributed by atoms with E-state index in [2.05, 4.69) is 4.98 Å². The molecule has 1 aliphatic rings. The lowest BCUT2D eigenvalue weighted by Gasteiger charge is -2.34. The second-order valence-electron chi connectivity index (χ2n) is 5.27. The maximum Gasteiger partial charge on any atom is 0.329 e. The third-order valence-electron chi connectivity index (χ3n) is 3.96. The van der Waals surface area contributed by atoms with Crippen molar-refractivity contribution in [1.29, 1.82) is 0 Å². The van der Waals surface area contributed by atoms with Crippen LogP contribution in [-0.4, -0.2) is 39.0 Å². The van der Waals surface area contributed by atoms with Crippen molar-refractivity contribution in [1.82, 2.24) is 9.88 Å². The standard InChI is InChI=1S/C15H20N2O3/c1-2-6-15(14(19)20)7-3-10-17(15)13(18)11-12-4-8-16-9-5-12/h4-5,8-9H,2-3,6-7,10-11H2,1H3,(H,19,20). The Morgan fingerprint density at radius 3 is 2.70 bits per heavy atom. The zero-order chi connectivity index (χ0) is 14.6. The Morgan fingerprint density at radius 1 is 1.40 bits per heavy atom. The monoisotopic (exact) mass is 276 g/mol. The van der Waals surface area contributed by atoms with E-state index in [-0.39, 0.29) is 12.3 Å². The van der Waals surface area contributed by atoms with E-state index in [1.807, 2.05) is 6.92 Å². The Labute approximate surface area is 118 Å². The fourth-order valence-electron chi connectivity index (χ4n) is 3.02. The van der Waals surface area contributed by atoms with Crippen molar-refractivity contribution >= 4 is 11.9 Å². The number of hydrogen-bond acceptors (Lipinski definition) is 3. The maximum absolute atomic E-state index is 12.5. The van der Waals surface area contributed by atoms with E-state index in [4.69, 9.17) is 0 Å². The molecule has 108 valence electrons. The predicted octanol–water partition coefficient (Wildman–Crippen LogP) is 1.87. The lowest BCUT2D eigenvalue weighted by molar-refractivity contribution is -0.156. The van der Waals surface area contributed by atoms with Crippen molar-refractivity contribution in [2.24, 2.45) is 0 Å². The van der Waals surface area contributed by atoms with E-state index in [9.17, 15) is 14.7 Å². The van der Waals surface area contributed by atoms with Gasteiger partial charge in [0.25, 0.3) is 0 Å². The molecule has 1 aromatic heterocycles. The van der Waals surface area contributed by atoms with E-state index >= 15 is 0 Å². The summed E-state index contributed by atoms with van der Waals surface area (Å²) >= 11 is 0. The van der Waals surface area contributed by atoms with Gasteiger partial charge in [-0.15, -0.1) is 0 Å². The normalized spacial score (nSPS) is 21.9. The van der Waals surface area contributed by atoms with Crippen LogP contribution in [0, 0.1) is 0 Å². The molecule has 1 aliphatic heterocycles. The van der Waals surface area contributed by atoms with E-state index in [1.54, 1.807) is 29.4 Å². The molecular weight excluding hydrogens is 256 g/mol. The van der Waals surface area contributed by atoms with Crippen LogP contribution in [0.4, 0.5) is 0 Å². The Morgan fingerprint density at radius 2 is 2.10 bits per heavy atom. The van der Waals surface area contributed by atoms with Gasteiger partial charge in [0.15, 0.2) is 0 Å². The van der Waals surface area contributed by atoms with Gasteiger partial charge in [-0.05, 0) is 37.0 Å². The average Bonchev–Trinajstić information content (AvgIpc) is 2.85. The fraction of sp³-hybridized carbons (Fsp3) is 0.533. The summed E-state index contributed by atoms with van der Waals surface area (Å²) in [7, 11) is 0. The lowest BCUT2D eigenvalue weighted by Crippen LogP contribution is -2.53. The molecule has 0 bridgehead atoms. The molecule has 0 saturated carbocycles. The van der Waals surface area contributed by atoms with Crippen LogP contribution in [0.5, 0.6) is 0 Å². The van der Waals surface area contributed by atoms with Crippen LogP contribution in [0.2, 0.25) is 0 Å². The van der Waals surface area contributed by atoms with Crippen molar-refractivity contribution < 1.29 is 14.7 Å². The largest absolute Gasteiger partial charge is 0.479 e. The smallest absolute Gasteiger partial charge is 0.329 e. The van der Waals surface area contributed by atoms with Crippen LogP contribution in [0.15, 0.2) is 24.5 Å². The molecule has 0 spiro atoms. The lowest BCUT2D eigenvalue weighted by atomic mass is 9.90. The molecule has 2 heterocycles. The van der Waals surface area contributed by atoms with Gasteiger partial charge in [0.05, 0.1) is 6.42 Å². The van der Waals surface area contributed by atoms with Crippen LogP contribution in [-0.2, 0) is 16.0 Å². The number of rotatable bonds is 5. The van der Waals surface area contributed by atoms with E-state index in [0.29, 0.717) is 19.4 Å². The first-order valence-corrected chi connectivity index (χ1v) is 7.03. The zero-order valence-corrected chi connectivity index (χ0v) is 11.7. The van der Waals surface area contributed by atoms with Gasteiger partial charge in [-0.1, -0.05) is 13.3 Å². The summed E-state index contributed by atoms with van der Waals surface area (Å²) in [6.07, 6.45) is 6.11. The molecule has 0 aromatic carbocycles. The van der Waals surface area contributed by atoms with Gasteiger partial charge in [-0.3, -0.25) is 9.78 Å². The first-order chi connectivity index (χ1) is 9.60. The average molecular weight is 276 g/mol. The van der Waals surface area contributed by atoms with Gasteiger partial charge >= 0.3 is 5.97 Å². The number of pyridine rings is 1. The summed E-state index contributed by atoms with van der Waals surface area (Å²) in [4.78, 5) is 29.6. The predicted molar refractivity (Wildman–Crippen MR) is 74.2 cm³/mol. The van der Waals surface area contributed by atoms with Gasteiger partial charge in [-0.2, -0.15) is 0 Å². The SMILES string of the molecule is CCCC1(C(=O)O)CCCN1C(=O)Cc1ccncc1. The Hall–Kier alpha value is -1.91. The summed E-state index contributed by atoms with van der Waals surface area (Å²) < 4.78 is 0. The highest BCUT2D eigenvalue weighted by Gasteiger charge is 2.48. The van der Waals surface area contributed by atoms with Crippen LogP contribution >= 0.6 is 0 Å². The summed E-state index contributed by atoms with van der Waals surface area (Å²) in [6, 6.07) is 3.58. The van der Waals surface area contributed by atoms with Crippen molar-refractivity contribution in [2.45, 2.75) is 44.6 Å². The first kappa shape index (κ1) is 14.5. The van der Waals surface area contributed by atoms with Crippen molar-refractivity contribution in [3.05, 3.63) is 30.1 Å². The number of amides is 1. The first-order valence-electron chi connectivity index (χ1n) is 7.03. The fourth-order valence-corrected chi connectivity index (χ4v) is 3.02. The minimum atomic E-state index is -1.00. The molecule has 1 atom stereocenters. The second-order valence-corrected chi connectivity index (χ2v) is 5.27. The number of nitrogens with zero attached hydrogens (tertiary/aromatic N) is 2. The molecule has 2 rings (SSSR count). The molecule has 1 saturated heterocycles. The van der Waals surface area contributed by atoms with Gasteiger partial charge in [0.1, 0.15) is 5.54 Å². The van der Waals surface area contributed by atoms with Crippen LogP contribution < -0.4 is 0 Å². The zero-order valence-electron chi connectivity index (χ0n) is 11.7. The van der Waals surface area contributed by atoms with Gasteiger partial charge in [0, 0.05) is 18.9 Å². The third kappa shape index (κ3) is 2.66. The van der Waals surface area contributed by atoms with Crippen LogP contribution in [0.1, 0.15) is 38.2 Å². The maximum atomic E-state index is 12.5. The number of aromatic nitrogens is 1. The van der Waals surface area contributed by atoms with Gasteiger partial charge in [-0.25, -0.2) is 4.79 Å². The molecule has 1 unspecified atom stereocenters. The van der Waals surface area contributed by atoms with Crippen LogP contribution in [0.3, 0.4) is 0 Å². The molecule has 1 aromatic rings. The minimum absolute atomic E-state index is 0.107. The molecule has 5 nitrogen and oxygen atoms in total. The molecule has 1 N–H and O–H groups in total. The Kier molecular flexibility index (Phi) is 4.37. The van der Waals surface area contributed by atoms with Crippen molar-refractivity contribution in [2.75, 3.05) is 6.54 Å². The molecular formula is C15H20N2O3. The van der Waals surface area contributed by atoms with E-state index in [0.717, 1.165) is 18.4 Å². The number of carbonyl (C=O) groups excluding carboxylic acids is 1. The van der Waals surface area contributed by atoms with Crippen molar-refractivity contribution in [3.63, 3.8) is 0 Å². The molecule has 1 amide bonds. The summed E-state index contributed by atoms with van der Waals surface area (Å²) in [5, 5.41) is 9.58. The highest BCUT2D eigenvalue weighted by Crippen LogP contribution is 2.34. The van der Waals surface area contributed by atoms with Gasteiger partial charge < -0.3 is 10.0 Å². The number of carbonyl (C=O) groups is 2. The molecule has 20 heavy (non-hydrogen) atoms. The second kappa shape index (κ2) is 6.03. The third-order valence-corrected chi connectivity index (χ3v) is 3.96. The molecule has 0 aliphatic carbocycles. The molecule has 0 radical (unpaired) electrons. The quantitative estimate of drug-likeness (QED) is 0.891. The summed E-state index contributed by atoms with van der Waals surface area (Å²) in [5.74, 6) is -0.982. The summed E-state index contributed by atoms with van der Waals surface area (Å²) in [5.41, 5.74) is -0.133. The van der Waals surface area contributed by atoms with E-state index < -0.39 is 11.5 Å². The molecule has 5 heteroatoms. The number of aliphatic carboxylic acids is 1. The summed E-state index contributed by atoms with van der Waals surface area (Å²) in [6.45, 7) is 2.49. The highest BCUT2D eigenvalue weighted by atomic mass is 16.4. The van der Waals surface area contributed by atoms with Gasteiger partial charge in [0.2, 0.25) is 5.91 Å². The van der Waals surface area contributed by atoms with E-state index in [1.165, 1.54) is 0 Å². The number of likely N-dealkylation sites (tertiary alicyclic amines) is 1. The highest BCUT2D eigenvalue weighted by molar-refractivity contribution is 5.88. The van der Waals surface area contributed by atoms with Crippen molar-refractivity contribution in [3.8, 4) is 0 Å². The van der Waals surface area contributed by atoms with Crippen LogP contribution in [0.25, 0.3) is 0 Å². The number of hydrogen-bond donors (Lipinski definition) is 1. The Bertz CT molecular complexity index is 489. The number of carboxylic acids is 1. The Balaban J connectivity index is 2.17. The molecule has 1 fully saturated rings. The number of carboxylic acid groups (broad SMARTS) is 1. The minimum Gasteiger partial charge on any atom is -0.479 e. The topological polar surface area (TPSA) is 70.5 Å².